The molecule has 5 nitrogen and oxygen atoms in total. The zero-order valence-corrected chi connectivity index (χ0v) is 21.6. The number of carboxylic acid groups (broad SMARTS) is 1. The van der Waals surface area contributed by atoms with E-state index in [0.29, 0.717) is 29.7 Å². The van der Waals surface area contributed by atoms with E-state index in [1.807, 2.05) is 31.2 Å². The van der Waals surface area contributed by atoms with Crippen LogP contribution in [-0.4, -0.2) is 34.0 Å². The maximum Gasteiger partial charge on any atom is 0.416 e. The predicted molar refractivity (Wildman–Crippen MR) is 135 cm³/mol. The first-order chi connectivity index (χ1) is 17.4. The minimum absolute atomic E-state index is 0.0148. The summed E-state index contributed by atoms with van der Waals surface area (Å²) in [6.45, 7) is 1.92. The van der Waals surface area contributed by atoms with Gasteiger partial charge in [0.2, 0.25) is 0 Å². The molecule has 1 heterocycles. The molecule has 0 radical (unpaired) electrons. The van der Waals surface area contributed by atoms with E-state index in [9.17, 15) is 22.8 Å². The SMILES string of the molecule is C[C@@]1(Cc2ccc(Br)cc2)Cc2cc(C(=O)N(CCC(=O)O)Cc3ccc(C(F)(F)F)cc3)ccc2O1. The summed E-state index contributed by atoms with van der Waals surface area (Å²) in [5.74, 6) is -0.780. The van der Waals surface area contributed by atoms with Gasteiger partial charge >= 0.3 is 12.1 Å². The highest BCUT2D eigenvalue weighted by Crippen LogP contribution is 2.38. The minimum Gasteiger partial charge on any atom is -0.487 e. The molecule has 1 atom stereocenters. The van der Waals surface area contributed by atoms with Gasteiger partial charge in [0.25, 0.3) is 5.91 Å². The Morgan fingerprint density at radius 3 is 2.30 bits per heavy atom. The molecule has 0 aliphatic carbocycles. The van der Waals surface area contributed by atoms with Crippen LogP contribution in [0.3, 0.4) is 0 Å². The van der Waals surface area contributed by atoms with Gasteiger partial charge in [0.15, 0.2) is 0 Å². The molecule has 4 rings (SSSR count). The van der Waals surface area contributed by atoms with Gasteiger partial charge in [-0.15, -0.1) is 0 Å². The van der Waals surface area contributed by atoms with Gasteiger partial charge in [-0.2, -0.15) is 13.2 Å². The maximum absolute atomic E-state index is 13.4. The molecule has 0 saturated carbocycles. The number of hydrogen-bond acceptors (Lipinski definition) is 3. The van der Waals surface area contributed by atoms with Gasteiger partial charge in [-0.3, -0.25) is 9.59 Å². The van der Waals surface area contributed by atoms with Crippen molar-refractivity contribution in [1.29, 1.82) is 0 Å². The minimum atomic E-state index is -4.46. The molecule has 0 aromatic heterocycles. The summed E-state index contributed by atoms with van der Waals surface area (Å²) in [5.41, 5.74) is 1.56. The van der Waals surface area contributed by atoms with Gasteiger partial charge in [-0.1, -0.05) is 40.2 Å². The van der Waals surface area contributed by atoms with Crippen LogP contribution < -0.4 is 4.74 Å². The summed E-state index contributed by atoms with van der Waals surface area (Å²) in [6.07, 6.45) is -3.48. The second kappa shape index (κ2) is 10.6. The largest absolute Gasteiger partial charge is 0.487 e. The van der Waals surface area contributed by atoms with Crippen molar-refractivity contribution in [3.8, 4) is 5.75 Å². The van der Waals surface area contributed by atoms with Gasteiger partial charge in [0.05, 0.1) is 12.0 Å². The number of amides is 1. The molecule has 0 fully saturated rings. The number of alkyl halides is 3. The Morgan fingerprint density at radius 1 is 1.03 bits per heavy atom. The number of hydrogen-bond donors (Lipinski definition) is 1. The van der Waals surface area contributed by atoms with Crippen molar-refractivity contribution in [2.24, 2.45) is 0 Å². The lowest BCUT2D eigenvalue weighted by molar-refractivity contribution is -0.138. The first kappa shape index (κ1) is 26.7. The third-order valence-corrected chi connectivity index (χ3v) is 6.79. The Morgan fingerprint density at radius 2 is 1.68 bits per heavy atom. The maximum atomic E-state index is 13.4. The molecule has 3 aromatic rings. The van der Waals surface area contributed by atoms with Crippen LogP contribution in [0, 0.1) is 0 Å². The second-order valence-electron chi connectivity index (χ2n) is 9.42. The lowest BCUT2D eigenvalue weighted by Gasteiger charge is -2.24. The highest BCUT2D eigenvalue weighted by atomic mass is 79.9. The number of carbonyl (C=O) groups excluding carboxylic acids is 1. The molecular weight excluding hydrogens is 551 g/mol. The number of nitrogens with zero attached hydrogens (tertiary/aromatic N) is 1. The molecule has 1 aliphatic rings. The first-order valence-electron chi connectivity index (χ1n) is 11.7. The normalized spacial score (nSPS) is 16.7. The van der Waals surface area contributed by atoms with Crippen LogP contribution in [0.25, 0.3) is 0 Å². The smallest absolute Gasteiger partial charge is 0.416 e. The fourth-order valence-electron chi connectivity index (χ4n) is 4.47. The topological polar surface area (TPSA) is 66.8 Å². The van der Waals surface area contributed by atoms with Crippen LogP contribution >= 0.6 is 15.9 Å². The summed E-state index contributed by atoms with van der Waals surface area (Å²) in [6, 6.07) is 17.6. The van der Waals surface area contributed by atoms with Crippen LogP contribution in [0.15, 0.2) is 71.2 Å². The van der Waals surface area contributed by atoms with Crippen molar-refractivity contribution in [2.45, 2.75) is 44.5 Å². The van der Waals surface area contributed by atoms with Gasteiger partial charge in [-0.25, -0.2) is 0 Å². The number of carbonyl (C=O) groups is 2. The van der Waals surface area contributed by atoms with Crippen molar-refractivity contribution in [3.63, 3.8) is 0 Å². The van der Waals surface area contributed by atoms with E-state index in [2.05, 4.69) is 15.9 Å². The number of ether oxygens (including phenoxy) is 1. The first-order valence-corrected chi connectivity index (χ1v) is 12.4. The molecule has 9 heteroatoms. The summed E-state index contributed by atoms with van der Waals surface area (Å²) in [7, 11) is 0. The average Bonchev–Trinajstić information content (AvgIpc) is 3.17. The van der Waals surface area contributed by atoms with Gasteiger partial charge < -0.3 is 14.7 Å². The van der Waals surface area contributed by atoms with E-state index in [-0.39, 0.29) is 19.5 Å². The van der Waals surface area contributed by atoms with Gasteiger partial charge in [0.1, 0.15) is 11.4 Å². The summed E-state index contributed by atoms with van der Waals surface area (Å²) in [4.78, 5) is 25.9. The lowest BCUT2D eigenvalue weighted by atomic mass is 9.91. The van der Waals surface area contributed by atoms with Crippen molar-refractivity contribution in [2.75, 3.05) is 6.54 Å². The van der Waals surface area contributed by atoms with Crippen molar-refractivity contribution < 1.29 is 32.6 Å². The Balaban J connectivity index is 1.51. The highest BCUT2D eigenvalue weighted by Gasteiger charge is 2.36. The van der Waals surface area contributed by atoms with Crippen LogP contribution in [0.1, 0.15) is 46.0 Å². The van der Waals surface area contributed by atoms with Crippen LogP contribution in [-0.2, 0) is 30.4 Å². The fraction of sp³-hybridized carbons (Fsp3) is 0.286. The Hall–Kier alpha value is -3.33. The molecule has 0 saturated heterocycles. The monoisotopic (exact) mass is 575 g/mol. The number of rotatable bonds is 8. The van der Waals surface area contributed by atoms with Crippen molar-refractivity contribution in [3.05, 3.63) is 99.0 Å². The Bertz CT molecular complexity index is 1290. The molecule has 0 unspecified atom stereocenters. The predicted octanol–water partition coefficient (Wildman–Crippen LogP) is 6.52. The van der Waals surface area contributed by atoms with E-state index in [4.69, 9.17) is 9.84 Å². The van der Waals surface area contributed by atoms with E-state index < -0.39 is 29.2 Å². The second-order valence-corrected chi connectivity index (χ2v) is 10.3. The quantitative estimate of drug-likeness (QED) is 0.332. The molecule has 1 amide bonds. The van der Waals surface area contributed by atoms with E-state index in [1.165, 1.54) is 17.0 Å². The molecule has 0 bridgehead atoms. The van der Waals surface area contributed by atoms with Crippen LogP contribution in [0.4, 0.5) is 13.2 Å². The third kappa shape index (κ3) is 6.71. The van der Waals surface area contributed by atoms with Gasteiger partial charge in [0, 0.05) is 36.0 Å². The number of aliphatic carboxylic acids is 1. The van der Waals surface area contributed by atoms with Crippen molar-refractivity contribution >= 4 is 27.8 Å². The van der Waals surface area contributed by atoms with Crippen LogP contribution in [0.5, 0.6) is 5.75 Å². The Kier molecular flexibility index (Phi) is 7.64. The van der Waals surface area contributed by atoms with E-state index in [0.717, 1.165) is 27.7 Å². The standard InChI is InChI=1S/C28H25BrF3NO4/c1-27(15-18-4-9-23(29)10-5-18)16-21-14-20(6-11-24(21)37-27)26(36)33(13-12-25(34)35)17-19-2-7-22(8-3-19)28(30,31)32/h2-11,14H,12-13,15-17H2,1H3,(H,34,35)/t27-/m1/s1. The molecule has 1 N–H and O–H groups in total. The number of fused-ring (bicyclic) bond motifs is 1. The summed E-state index contributed by atoms with van der Waals surface area (Å²) >= 11 is 3.43. The molecule has 1 aliphatic heterocycles. The number of halogens is 4. The molecular formula is C28H25BrF3NO4. The van der Waals surface area contributed by atoms with E-state index in [1.54, 1.807) is 18.2 Å². The zero-order valence-electron chi connectivity index (χ0n) is 20.0. The zero-order chi connectivity index (χ0) is 26.8. The highest BCUT2D eigenvalue weighted by molar-refractivity contribution is 9.10. The average molecular weight is 576 g/mol. The number of carboxylic acids is 1. The molecule has 3 aromatic carbocycles. The molecule has 37 heavy (non-hydrogen) atoms. The number of benzene rings is 3. The van der Waals surface area contributed by atoms with Crippen LogP contribution in [0.2, 0.25) is 0 Å². The molecule has 0 spiro atoms. The fourth-order valence-corrected chi connectivity index (χ4v) is 4.74. The van der Waals surface area contributed by atoms with Crippen molar-refractivity contribution in [1.82, 2.24) is 4.90 Å². The third-order valence-electron chi connectivity index (χ3n) is 6.26. The van der Waals surface area contributed by atoms with E-state index >= 15 is 0 Å². The summed E-state index contributed by atoms with van der Waals surface area (Å²) < 4.78 is 45.9. The summed E-state index contributed by atoms with van der Waals surface area (Å²) in [5, 5.41) is 9.15. The molecule has 194 valence electrons. The Labute approximate surface area is 221 Å². The van der Waals surface area contributed by atoms with Gasteiger partial charge in [-0.05, 0) is 66.1 Å². The lowest BCUT2D eigenvalue weighted by Crippen LogP contribution is -2.33.